The van der Waals surface area contributed by atoms with Gasteiger partial charge in [-0.15, -0.1) is 0 Å². The molecule has 0 aliphatic heterocycles. The highest BCUT2D eigenvalue weighted by Gasteiger charge is 2.16. The standard InChI is InChI=1S/C36H24N2/c1-24-18-29(22-37)30-17-16-25(20-34(30)35(24)23-38)19-28-21-33(26-10-4-2-5-11-26)31-14-8-9-15-32(31)36(28)27-12-6-3-7-13-27/h2-18,20-21H,19H2,1H3. The lowest BCUT2D eigenvalue weighted by molar-refractivity contribution is 1.21. The van der Waals surface area contributed by atoms with Crippen LogP contribution in [0.2, 0.25) is 0 Å². The third kappa shape index (κ3) is 4.00. The van der Waals surface area contributed by atoms with E-state index in [1.807, 2.05) is 31.2 Å². The van der Waals surface area contributed by atoms with Crippen LogP contribution < -0.4 is 0 Å². The fourth-order valence-electron chi connectivity index (χ4n) is 5.56. The van der Waals surface area contributed by atoms with Gasteiger partial charge in [0.25, 0.3) is 0 Å². The summed E-state index contributed by atoms with van der Waals surface area (Å²) in [7, 11) is 0. The molecule has 0 unspecified atom stereocenters. The number of nitriles is 2. The predicted molar refractivity (Wildman–Crippen MR) is 156 cm³/mol. The molecular formula is C36H24N2. The van der Waals surface area contributed by atoms with Crippen molar-refractivity contribution in [1.29, 1.82) is 10.5 Å². The van der Waals surface area contributed by atoms with Gasteiger partial charge in [0.05, 0.1) is 17.2 Å². The Balaban J connectivity index is 1.62. The minimum absolute atomic E-state index is 0.602. The van der Waals surface area contributed by atoms with Crippen molar-refractivity contribution >= 4 is 21.5 Å². The van der Waals surface area contributed by atoms with Crippen LogP contribution in [0.15, 0.2) is 115 Å². The monoisotopic (exact) mass is 484 g/mol. The lowest BCUT2D eigenvalue weighted by Gasteiger charge is -2.18. The number of hydrogen-bond donors (Lipinski definition) is 0. The zero-order valence-corrected chi connectivity index (χ0v) is 21.1. The lowest BCUT2D eigenvalue weighted by Crippen LogP contribution is -1.97. The van der Waals surface area contributed by atoms with Crippen LogP contribution in [-0.2, 0) is 6.42 Å². The van der Waals surface area contributed by atoms with Crippen LogP contribution >= 0.6 is 0 Å². The summed E-state index contributed by atoms with van der Waals surface area (Å²) in [5.41, 5.74) is 9.19. The Hall–Kier alpha value is -5.18. The van der Waals surface area contributed by atoms with Crippen molar-refractivity contribution in [2.45, 2.75) is 13.3 Å². The van der Waals surface area contributed by atoms with Gasteiger partial charge in [-0.25, -0.2) is 0 Å². The summed E-state index contributed by atoms with van der Waals surface area (Å²) in [6.07, 6.45) is 0.700. The maximum atomic E-state index is 9.90. The van der Waals surface area contributed by atoms with E-state index in [4.69, 9.17) is 0 Å². The maximum absolute atomic E-state index is 9.90. The number of benzene rings is 6. The van der Waals surface area contributed by atoms with Crippen molar-refractivity contribution in [3.63, 3.8) is 0 Å². The average Bonchev–Trinajstić information content (AvgIpc) is 2.97. The first-order valence-corrected chi connectivity index (χ1v) is 12.7. The van der Waals surface area contributed by atoms with E-state index < -0.39 is 0 Å². The van der Waals surface area contributed by atoms with Crippen LogP contribution in [0, 0.1) is 29.6 Å². The molecule has 0 fully saturated rings. The number of aryl methyl sites for hydroxylation is 1. The van der Waals surface area contributed by atoms with E-state index in [9.17, 15) is 10.5 Å². The summed E-state index contributed by atoms with van der Waals surface area (Å²) < 4.78 is 0. The van der Waals surface area contributed by atoms with E-state index in [-0.39, 0.29) is 0 Å². The van der Waals surface area contributed by atoms with Gasteiger partial charge in [0.1, 0.15) is 6.07 Å². The molecule has 0 spiro atoms. The van der Waals surface area contributed by atoms with Crippen LogP contribution in [0.3, 0.4) is 0 Å². The second-order valence-electron chi connectivity index (χ2n) is 9.63. The highest BCUT2D eigenvalue weighted by molar-refractivity contribution is 6.06. The van der Waals surface area contributed by atoms with E-state index >= 15 is 0 Å². The summed E-state index contributed by atoms with van der Waals surface area (Å²) in [6, 6.07) is 44.7. The number of fused-ring (bicyclic) bond motifs is 2. The molecule has 2 nitrogen and oxygen atoms in total. The molecule has 0 amide bonds. The number of rotatable bonds is 4. The van der Waals surface area contributed by atoms with Gasteiger partial charge >= 0.3 is 0 Å². The van der Waals surface area contributed by atoms with Crippen LogP contribution in [0.5, 0.6) is 0 Å². The van der Waals surface area contributed by atoms with Crippen molar-refractivity contribution in [1.82, 2.24) is 0 Å². The topological polar surface area (TPSA) is 47.6 Å². The normalized spacial score (nSPS) is 10.8. The zero-order valence-electron chi connectivity index (χ0n) is 21.1. The molecule has 6 aromatic carbocycles. The Kier molecular flexibility index (Phi) is 5.93. The summed E-state index contributed by atoms with van der Waals surface area (Å²) in [4.78, 5) is 0. The van der Waals surface area contributed by atoms with Crippen molar-refractivity contribution in [3.8, 4) is 34.4 Å². The lowest BCUT2D eigenvalue weighted by atomic mass is 9.85. The van der Waals surface area contributed by atoms with Gasteiger partial charge in [0.2, 0.25) is 0 Å². The largest absolute Gasteiger partial charge is 0.192 e. The van der Waals surface area contributed by atoms with Crippen molar-refractivity contribution in [3.05, 3.63) is 143 Å². The molecule has 178 valence electrons. The van der Waals surface area contributed by atoms with Crippen LogP contribution in [0.4, 0.5) is 0 Å². The minimum atomic E-state index is 0.602. The van der Waals surface area contributed by atoms with Gasteiger partial charge in [0.15, 0.2) is 0 Å². The van der Waals surface area contributed by atoms with Gasteiger partial charge in [-0.3, -0.25) is 0 Å². The van der Waals surface area contributed by atoms with Crippen molar-refractivity contribution in [2.24, 2.45) is 0 Å². The van der Waals surface area contributed by atoms with Gasteiger partial charge in [-0.1, -0.05) is 97.1 Å². The zero-order chi connectivity index (χ0) is 26.1. The molecule has 0 N–H and O–H groups in total. The molecule has 6 aromatic rings. The van der Waals surface area contributed by atoms with Crippen molar-refractivity contribution in [2.75, 3.05) is 0 Å². The minimum Gasteiger partial charge on any atom is -0.192 e. The summed E-state index contributed by atoms with van der Waals surface area (Å²) in [5, 5.41) is 23.7. The molecule has 6 rings (SSSR count). The third-order valence-electron chi connectivity index (χ3n) is 7.30. The second kappa shape index (κ2) is 9.70. The molecule has 0 aromatic heterocycles. The molecule has 0 aliphatic carbocycles. The molecule has 2 heteroatoms. The van der Waals surface area contributed by atoms with Crippen LogP contribution in [0.25, 0.3) is 43.8 Å². The Bertz CT molecular complexity index is 1900. The average molecular weight is 485 g/mol. The predicted octanol–water partition coefficient (Wildman–Crippen LogP) is 8.97. The highest BCUT2D eigenvalue weighted by Crippen LogP contribution is 2.40. The number of hydrogen-bond acceptors (Lipinski definition) is 2. The maximum Gasteiger partial charge on any atom is 0.100 e. The second-order valence-corrected chi connectivity index (χ2v) is 9.63. The molecule has 0 atom stereocenters. The molecule has 0 bridgehead atoms. The van der Waals surface area contributed by atoms with Gasteiger partial charge in [-0.05, 0) is 81.3 Å². The Labute approximate surface area is 222 Å². The fraction of sp³-hybridized carbons (Fsp3) is 0.0556. The smallest absolute Gasteiger partial charge is 0.100 e. The molecule has 0 heterocycles. The number of nitrogens with zero attached hydrogens (tertiary/aromatic N) is 2. The molecule has 0 radical (unpaired) electrons. The van der Waals surface area contributed by atoms with E-state index in [1.165, 1.54) is 38.6 Å². The van der Waals surface area contributed by atoms with Crippen LogP contribution in [0.1, 0.15) is 27.8 Å². The van der Waals surface area contributed by atoms with E-state index in [0.717, 1.165) is 21.9 Å². The van der Waals surface area contributed by atoms with Gasteiger partial charge in [0, 0.05) is 10.8 Å². The first-order chi connectivity index (χ1) is 18.7. The van der Waals surface area contributed by atoms with E-state index in [0.29, 0.717) is 17.5 Å². The molecule has 0 saturated heterocycles. The Morgan fingerprint density at radius 2 is 1.24 bits per heavy atom. The third-order valence-corrected chi connectivity index (χ3v) is 7.30. The fourth-order valence-corrected chi connectivity index (χ4v) is 5.56. The Morgan fingerprint density at radius 3 is 1.92 bits per heavy atom. The molecular weight excluding hydrogens is 460 g/mol. The highest BCUT2D eigenvalue weighted by atomic mass is 14.3. The first-order valence-electron chi connectivity index (χ1n) is 12.7. The summed E-state index contributed by atoms with van der Waals surface area (Å²) in [6.45, 7) is 1.90. The molecule has 0 saturated carbocycles. The van der Waals surface area contributed by atoms with Crippen molar-refractivity contribution < 1.29 is 0 Å². The Morgan fingerprint density at radius 1 is 0.579 bits per heavy atom. The SMILES string of the molecule is Cc1cc(C#N)c2ccc(Cc3cc(-c4ccccc4)c4ccccc4c3-c3ccccc3)cc2c1C#N. The van der Waals surface area contributed by atoms with Gasteiger partial charge in [-0.2, -0.15) is 10.5 Å². The summed E-state index contributed by atoms with van der Waals surface area (Å²) >= 11 is 0. The first kappa shape index (κ1) is 23.2. The van der Waals surface area contributed by atoms with E-state index in [1.54, 1.807) is 0 Å². The van der Waals surface area contributed by atoms with Gasteiger partial charge < -0.3 is 0 Å². The van der Waals surface area contributed by atoms with E-state index in [2.05, 4.69) is 103 Å². The molecule has 38 heavy (non-hydrogen) atoms. The van der Waals surface area contributed by atoms with Crippen LogP contribution in [-0.4, -0.2) is 0 Å². The quantitative estimate of drug-likeness (QED) is 0.251. The molecule has 0 aliphatic rings. The summed E-state index contributed by atoms with van der Waals surface area (Å²) in [5.74, 6) is 0.